The number of anilines is 2. The van der Waals surface area contributed by atoms with Gasteiger partial charge >= 0.3 is 0 Å². The van der Waals surface area contributed by atoms with Gasteiger partial charge in [0, 0.05) is 44.7 Å². The molecule has 1 amide bonds. The highest BCUT2D eigenvalue weighted by molar-refractivity contribution is 5.84. The molecule has 3 aliphatic heterocycles. The van der Waals surface area contributed by atoms with Gasteiger partial charge in [-0.1, -0.05) is 44.2 Å². The van der Waals surface area contributed by atoms with Crippen molar-refractivity contribution in [3.05, 3.63) is 47.2 Å². The molecule has 0 aliphatic carbocycles. The predicted molar refractivity (Wildman–Crippen MR) is 133 cm³/mol. The van der Waals surface area contributed by atoms with Crippen LogP contribution < -0.4 is 9.80 Å². The fourth-order valence-electron chi connectivity index (χ4n) is 5.57. The van der Waals surface area contributed by atoms with E-state index in [9.17, 15) is 4.79 Å². The first-order chi connectivity index (χ1) is 16.1. The molecule has 0 bridgehead atoms. The summed E-state index contributed by atoms with van der Waals surface area (Å²) in [5.74, 6) is 2.90. The zero-order valence-corrected chi connectivity index (χ0v) is 20.2. The number of rotatable bonds is 5. The molecule has 6 heteroatoms. The van der Waals surface area contributed by atoms with Crippen LogP contribution in [0.1, 0.15) is 68.7 Å². The Morgan fingerprint density at radius 3 is 2.42 bits per heavy atom. The molecule has 1 aromatic carbocycles. The van der Waals surface area contributed by atoms with Crippen LogP contribution in [0.25, 0.3) is 0 Å². The molecule has 176 valence electrons. The second-order valence-electron chi connectivity index (χ2n) is 10.0. The van der Waals surface area contributed by atoms with Crippen LogP contribution in [-0.4, -0.2) is 53.5 Å². The zero-order valence-electron chi connectivity index (χ0n) is 20.2. The van der Waals surface area contributed by atoms with Crippen molar-refractivity contribution < 1.29 is 4.79 Å². The fraction of sp³-hybridized carbons (Fsp3) is 0.593. The molecule has 1 unspecified atom stereocenters. The Kier molecular flexibility index (Phi) is 6.52. The minimum absolute atomic E-state index is 0.0863. The molecule has 2 aromatic rings. The molecule has 3 aliphatic rings. The lowest BCUT2D eigenvalue weighted by atomic mass is 9.93. The third-order valence-corrected chi connectivity index (χ3v) is 7.72. The lowest BCUT2D eigenvalue weighted by Gasteiger charge is -2.37. The largest absolute Gasteiger partial charge is 0.356 e. The van der Waals surface area contributed by atoms with Gasteiger partial charge in [0.25, 0.3) is 0 Å². The molecule has 33 heavy (non-hydrogen) atoms. The van der Waals surface area contributed by atoms with E-state index in [2.05, 4.69) is 40.7 Å². The quantitative estimate of drug-likeness (QED) is 0.680. The number of piperidine rings is 1. The number of aromatic nitrogens is 2. The van der Waals surface area contributed by atoms with E-state index < -0.39 is 0 Å². The number of hydrogen-bond acceptors (Lipinski definition) is 5. The first-order valence-electron chi connectivity index (χ1n) is 12.9. The monoisotopic (exact) mass is 447 g/mol. The summed E-state index contributed by atoms with van der Waals surface area (Å²) in [6.07, 6.45) is 6.47. The molecule has 6 nitrogen and oxygen atoms in total. The van der Waals surface area contributed by atoms with E-state index in [0.717, 1.165) is 74.5 Å². The Morgan fingerprint density at radius 1 is 1.00 bits per heavy atom. The highest BCUT2D eigenvalue weighted by atomic mass is 16.2. The molecule has 1 atom stereocenters. The number of fused-ring (bicyclic) bond motifs is 1. The van der Waals surface area contributed by atoms with Crippen LogP contribution in [0.4, 0.5) is 11.8 Å². The Balaban J connectivity index is 1.45. The molecular formula is C27H37N5O. The van der Waals surface area contributed by atoms with Gasteiger partial charge in [0.1, 0.15) is 5.82 Å². The molecule has 0 spiro atoms. The van der Waals surface area contributed by atoms with Gasteiger partial charge in [0.15, 0.2) is 0 Å². The first kappa shape index (κ1) is 22.2. The zero-order chi connectivity index (χ0) is 22.8. The van der Waals surface area contributed by atoms with Crippen LogP contribution in [0.3, 0.4) is 0 Å². The van der Waals surface area contributed by atoms with Crippen LogP contribution in [0.15, 0.2) is 30.3 Å². The van der Waals surface area contributed by atoms with Crippen molar-refractivity contribution in [3.8, 4) is 0 Å². The molecule has 0 radical (unpaired) electrons. The summed E-state index contributed by atoms with van der Waals surface area (Å²) >= 11 is 0. The lowest BCUT2D eigenvalue weighted by molar-refractivity contribution is -0.133. The minimum Gasteiger partial charge on any atom is -0.356 e. The third-order valence-electron chi connectivity index (χ3n) is 7.72. The molecule has 1 aromatic heterocycles. The van der Waals surface area contributed by atoms with Crippen LogP contribution in [0.5, 0.6) is 0 Å². The molecule has 0 saturated carbocycles. The maximum atomic E-state index is 13.6. The molecular weight excluding hydrogens is 410 g/mol. The summed E-state index contributed by atoms with van der Waals surface area (Å²) in [4.78, 5) is 30.6. The number of hydrogen-bond donors (Lipinski definition) is 0. The molecule has 4 heterocycles. The Labute approximate surface area is 198 Å². The summed E-state index contributed by atoms with van der Waals surface area (Å²) < 4.78 is 0. The van der Waals surface area contributed by atoms with Gasteiger partial charge in [-0.15, -0.1) is 0 Å². The van der Waals surface area contributed by atoms with Gasteiger partial charge in [-0.25, -0.2) is 4.98 Å². The standard InChI is InChI=1S/C27H37N5O/c1-3-22(21-9-5-4-6-10-21)26(33)32-18-13-24-23(19-32)25(30-16-11-20(2)12-17-30)29-27(28-24)31-14-7-8-15-31/h4-6,9-10,20,22H,3,7-8,11-19H2,1-2H3. The summed E-state index contributed by atoms with van der Waals surface area (Å²) in [6.45, 7) is 10.0. The van der Waals surface area contributed by atoms with Crippen LogP contribution in [-0.2, 0) is 17.8 Å². The molecule has 2 saturated heterocycles. The summed E-state index contributed by atoms with van der Waals surface area (Å²) in [5.41, 5.74) is 3.44. The van der Waals surface area contributed by atoms with Gasteiger partial charge in [-0.2, -0.15) is 4.98 Å². The van der Waals surface area contributed by atoms with Gasteiger partial charge in [0.05, 0.1) is 18.2 Å². The van der Waals surface area contributed by atoms with E-state index in [1.165, 1.54) is 31.2 Å². The predicted octanol–water partition coefficient (Wildman–Crippen LogP) is 4.39. The van der Waals surface area contributed by atoms with E-state index in [4.69, 9.17) is 9.97 Å². The Morgan fingerprint density at radius 2 is 1.73 bits per heavy atom. The maximum absolute atomic E-state index is 13.6. The van der Waals surface area contributed by atoms with Crippen LogP contribution >= 0.6 is 0 Å². The SMILES string of the molecule is CCC(C(=O)N1CCc2nc(N3CCCC3)nc(N3CCC(C)CC3)c2C1)c1ccccc1. The Hall–Kier alpha value is -2.63. The first-order valence-corrected chi connectivity index (χ1v) is 12.9. The van der Waals surface area contributed by atoms with Gasteiger partial charge in [-0.05, 0) is 43.6 Å². The molecule has 5 rings (SSSR count). The van der Waals surface area contributed by atoms with E-state index >= 15 is 0 Å². The number of benzene rings is 1. The summed E-state index contributed by atoms with van der Waals surface area (Å²) in [7, 11) is 0. The van der Waals surface area contributed by atoms with Crippen molar-refractivity contribution in [2.24, 2.45) is 5.92 Å². The third kappa shape index (κ3) is 4.57. The van der Waals surface area contributed by atoms with Crippen molar-refractivity contribution in [1.29, 1.82) is 0 Å². The lowest BCUT2D eigenvalue weighted by Crippen LogP contribution is -2.42. The van der Waals surface area contributed by atoms with Crippen molar-refractivity contribution in [2.45, 2.75) is 64.8 Å². The number of carbonyl (C=O) groups excluding carboxylic acids is 1. The van der Waals surface area contributed by atoms with Crippen LogP contribution in [0, 0.1) is 5.92 Å². The van der Waals surface area contributed by atoms with E-state index in [1.807, 2.05) is 18.2 Å². The second kappa shape index (κ2) is 9.70. The topological polar surface area (TPSA) is 52.6 Å². The van der Waals surface area contributed by atoms with Gasteiger partial charge in [0.2, 0.25) is 11.9 Å². The number of nitrogens with zero attached hydrogens (tertiary/aromatic N) is 5. The van der Waals surface area contributed by atoms with Crippen LogP contribution in [0.2, 0.25) is 0 Å². The normalized spacial score (nSPS) is 20.1. The van der Waals surface area contributed by atoms with E-state index in [-0.39, 0.29) is 11.8 Å². The van der Waals surface area contributed by atoms with Crippen molar-refractivity contribution in [2.75, 3.05) is 42.5 Å². The minimum atomic E-state index is -0.0863. The highest BCUT2D eigenvalue weighted by Crippen LogP contribution is 2.34. The van der Waals surface area contributed by atoms with Gasteiger partial charge < -0.3 is 14.7 Å². The molecule has 0 N–H and O–H groups in total. The maximum Gasteiger partial charge on any atom is 0.230 e. The average molecular weight is 448 g/mol. The second-order valence-corrected chi connectivity index (χ2v) is 10.0. The number of amides is 1. The fourth-order valence-corrected chi connectivity index (χ4v) is 5.57. The molecule has 2 fully saturated rings. The average Bonchev–Trinajstić information content (AvgIpc) is 3.40. The van der Waals surface area contributed by atoms with Crippen molar-refractivity contribution in [1.82, 2.24) is 14.9 Å². The van der Waals surface area contributed by atoms with Crippen molar-refractivity contribution >= 4 is 17.7 Å². The van der Waals surface area contributed by atoms with Gasteiger partial charge in [-0.3, -0.25) is 4.79 Å². The van der Waals surface area contributed by atoms with E-state index in [0.29, 0.717) is 6.54 Å². The van der Waals surface area contributed by atoms with E-state index in [1.54, 1.807) is 0 Å². The van der Waals surface area contributed by atoms with Crippen molar-refractivity contribution in [3.63, 3.8) is 0 Å². The highest BCUT2D eigenvalue weighted by Gasteiger charge is 2.32. The Bertz CT molecular complexity index is 964. The summed E-state index contributed by atoms with van der Waals surface area (Å²) in [6, 6.07) is 10.2. The smallest absolute Gasteiger partial charge is 0.230 e. The summed E-state index contributed by atoms with van der Waals surface area (Å²) in [5, 5.41) is 0. The number of carbonyl (C=O) groups is 1.